The third-order valence-corrected chi connectivity index (χ3v) is 2.28. The number of rotatable bonds is 6. The molecule has 1 N–H and O–H groups in total. The number of nitro benzene ring substituents is 1. The Morgan fingerprint density at radius 1 is 1.42 bits per heavy atom. The molecule has 0 radical (unpaired) electrons. The van der Waals surface area contributed by atoms with Crippen molar-refractivity contribution in [1.29, 1.82) is 0 Å². The molecule has 0 aliphatic heterocycles. The quantitative estimate of drug-likeness (QED) is 0.478. The van der Waals surface area contributed by atoms with Gasteiger partial charge in [0.2, 0.25) is 0 Å². The smallest absolute Gasteiger partial charge is 0.269 e. The topological polar surface area (TPSA) is 93.8 Å². The molecule has 0 fully saturated rings. The largest absolute Gasteiger partial charge is 0.372 e. The van der Waals surface area contributed by atoms with Crippen molar-refractivity contribution < 1.29 is 14.5 Å². The van der Waals surface area contributed by atoms with Crippen molar-refractivity contribution >= 4 is 17.3 Å². The normalized spacial score (nSPS) is 11.2. The molecule has 0 atom stereocenters. The van der Waals surface area contributed by atoms with E-state index in [0.29, 0.717) is 17.9 Å². The fourth-order valence-electron chi connectivity index (χ4n) is 1.26. The number of hydrogen-bond acceptors (Lipinski definition) is 5. The first-order valence-electron chi connectivity index (χ1n) is 5.70. The van der Waals surface area contributed by atoms with Crippen molar-refractivity contribution in [3.8, 4) is 0 Å². The van der Waals surface area contributed by atoms with Crippen molar-refractivity contribution in [2.24, 2.45) is 5.10 Å². The van der Waals surface area contributed by atoms with Crippen LogP contribution < -0.4 is 5.43 Å². The number of non-ortho nitro benzene ring substituents is 1. The maximum Gasteiger partial charge on any atom is 0.269 e. The Hall–Kier alpha value is -2.28. The lowest BCUT2D eigenvalue weighted by atomic mass is 10.1. The van der Waals surface area contributed by atoms with Gasteiger partial charge in [-0.05, 0) is 31.5 Å². The predicted octanol–water partition coefficient (Wildman–Crippen LogP) is 1.47. The van der Waals surface area contributed by atoms with Gasteiger partial charge in [0, 0.05) is 18.7 Å². The van der Waals surface area contributed by atoms with Crippen molar-refractivity contribution in [1.82, 2.24) is 5.43 Å². The average molecular weight is 265 g/mol. The summed E-state index contributed by atoms with van der Waals surface area (Å²) in [5.41, 5.74) is 3.61. The fraction of sp³-hybridized carbons (Fsp3) is 0.333. The SMILES string of the molecule is CCOCC(=O)N/N=C(\C)c1ccc([N+](=O)[O-])cc1. The van der Waals surface area contributed by atoms with Crippen molar-refractivity contribution in [3.63, 3.8) is 0 Å². The molecule has 0 heterocycles. The molecule has 1 amide bonds. The average Bonchev–Trinajstić information content (AvgIpc) is 2.42. The summed E-state index contributed by atoms with van der Waals surface area (Å²) in [6.45, 7) is 3.90. The monoisotopic (exact) mass is 265 g/mol. The molecular formula is C12H15N3O4. The molecule has 7 heteroatoms. The molecule has 0 saturated heterocycles. The molecule has 7 nitrogen and oxygen atoms in total. The molecule has 0 aliphatic rings. The second kappa shape index (κ2) is 7.22. The summed E-state index contributed by atoms with van der Waals surface area (Å²) < 4.78 is 4.92. The lowest BCUT2D eigenvalue weighted by molar-refractivity contribution is -0.384. The second-order valence-corrected chi connectivity index (χ2v) is 3.67. The van der Waals surface area contributed by atoms with Gasteiger partial charge in [-0.3, -0.25) is 14.9 Å². The molecule has 0 spiro atoms. The summed E-state index contributed by atoms with van der Waals surface area (Å²) in [5, 5.41) is 14.4. The summed E-state index contributed by atoms with van der Waals surface area (Å²) in [4.78, 5) is 21.3. The Balaban J connectivity index is 2.63. The molecule has 0 unspecified atom stereocenters. The van der Waals surface area contributed by atoms with Crippen LogP contribution in [0, 0.1) is 10.1 Å². The van der Waals surface area contributed by atoms with Crippen LogP contribution in [0.15, 0.2) is 29.4 Å². The molecular weight excluding hydrogens is 250 g/mol. The van der Waals surface area contributed by atoms with Crippen LogP contribution in [0.25, 0.3) is 0 Å². The van der Waals surface area contributed by atoms with Gasteiger partial charge in [0.15, 0.2) is 0 Å². The summed E-state index contributed by atoms with van der Waals surface area (Å²) in [6.07, 6.45) is 0. The zero-order valence-electron chi connectivity index (χ0n) is 10.8. The van der Waals surface area contributed by atoms with Crippen LogP contribution in [0.4, 0.5) is 5.69 Å². The molecule has 1 aromatic rings. The lowest BCUT2D eigenvalue weighted by Crippen LogP contribution is -2.24. The highest BCUT2D eigenvalue weighted by Crippen LogP contribution is 2.12. The molecule has 0 aromatic heterocycles. The summed E-state index contributed by atoms with van der Waals surface area (Å²) in [6, 6.07) is 5.92. The van der Waals surface area contributed by atoms with Crippen molar-refractivity contribution in [2.45, 2.75) is 13.8 Å². The third kappa shape index (κ3) is 4.84. The minimum atomic E-state index is -0.472. The van der Waals surface area contributed by atoms with E-state index in [0.717, 1.165) is 0 Å². The molecule has 0 saturated carbocycles. The highest BCUT2D eigenvalue weighted by Gasteiger charge is 2.06. The van der Waals surface area contributed by atoms with Gasteiger partial charge < -0.3 is 4.74 Å². The lowest BCUT2D eigenvalue weighted by Gasteiger charge is -2.03. The molecule has 102 valence electrons. The third-order valence-electron chi connectivity index (χ3n) is 2.28. The summed E-state index contributed by atoms with van der Waals surface area (Å²) >= 11 is 0. The Labute approximate surface area is 110 Å². The predicted molar refractivity (Wildman–Crippen MR) is 69.9 cm³/mol. The standard InChI is InChI=1S/C12H15N3O4/c1-3-19-8-12(16)14-13-9(2)10-4-6-11(7-5-10)15(17)18/h4-7H,3,8H2,1-2H3,(H,14,16)/b13-9+. The minimum absolute atomic E-state index is 0.0110. The van der Waals surface area contributed by atoms with Crippen LogP contribution >= 0.6 is 0 Å². The Morgan fingerprint density at radius 2 is 2.05 bits per heavy atom. The van der Waals surface area contributed by atoms with Gasteiger partial charge in [0.1, 0.15) is 6.61 Å². The first-order valence-corrected chi connectivity index (χ1v) is 5.70. The van der Waals surface area contributed by atoms with E-state index in [9.17, 15) is 14.9 Å². The van der Waals surface area contributed by atoms with Crippen LogP contribution in [0.2, 0.25) is 0 Å². The highest BCUT2D eigenvalue weighted by atomic mass is 16.6. The highest BCUT2D eigenvalue weighted by molar-refractivity contribution is 5.99. The number of hydrogen-bond donors (Lipinski definition) is 1. The van der Waals surface area contributed by atoms with E-state index in [1.165, 1.54) is 12.1 Å². The van der Waals surface area contributed by atoms with E-state index in [4.69, 9.17) is 4.74 Å². The maximum absolute atomic E-state index is 11.2. The number of benzene rings is 1. The van der Waals surface area contributed by atoms with E-state index in [-0.39, 0.29) is 18.2 Å². The summed E-state index contributed by atoms with van der Waals surface area (Å²) in [7, 11) is 0. The Kier molecular flexibility index (Phi) is 5.62. The zero-order valence-corrected chi connectivity index (χ0v) is 10.8. The maximum atomic E-state index is 11.2. The van der Waals surface area contributed by atoms with Gasteiger partial charge in [-0.2, -0.15) is 5.10 Å². The number of carbonyl (C=O) groups is 1. The van der Waals surface area contributed by atoms with Gasteiger partial charge in [0.05, 0.1) is 10.6 Å². The number of nitrogens with zero attached hydrogens (tertiary/aromatic N) is 2. The second-order valence-electron chi connectivity index (χ2n) is 3.67. The van der Waals surface area contributed by atoms with Gasteiger partial charge in [-0.15, -0.1) is 0 Å². The Bertz CT molecular complexity index is 482. The first kappa shape index (κ1) is 14.8. The van der Waals surface area contributed by atoms with Crippen LogP contribution in [0.5, 0.6) is 0 Å². The van der Waals surface area contributed by atoms with Crippen LogP contribution in [-0.4, -0.2) is 29.8 Å². The molecule has 19 heavy (non-hydrogen) atoms. The Morgan fingerprint density at radius 3 is 2.58 bits per heavy atom. The van der Waals surface area contributed by atoms with Gasteiger partial charge in [-0.1, -0.05) is 0 Å². The van der Waals surface area contributed by atoms with E-state index in [1.807, 2.05) is 0 Å². The number of ether oxygens (including phenoxy) is 1. The minimum Gasteiger partial charge on any atom is -0.372 e. The molecule has 1 rings (SSSR count). The van der Waals surface area contributed by atoms with E-state index in [2.05, 4.69) is 10.5 Å². The number of hydrazone groups is 1. The van der Waals surface area contributed by atoms with E-state index in [1.54, 1.807) is 26.0 Å². The van der Waals surface area contributed by atoms with Crippen LogP contribution in [0.3, 0.4) is 0 Å². The molecule has 0 bridgehead atoms. The van der Waals surface area contributed by atoms with Crippen LogP contribution in [-0.2, 0) is 9.53 Å². The van der Waals surface area contributed by atoms with E-state index >= 15 is 0 Å². The van der Waals surface area contributed by atoms with Crippen molar-refractivity contribution in [3.05, 3.63) is 39.9 Å². The van der Waals surface area contributed by atoms with Gasteiger partial charge in [0.25, 0.3) is 11.6 Å². The molecule has 1 aromatic carbocycles. The number of carbonyl (C=O) groups excluding carboxylic acids is 1. The number of nitro groups is 1. The number of nitrogens with one attached hydrogen (secondary N) is 1. The van der Waals surface area contributed by atoms with Crippen LogP contribution in [0.1, 0.15) is 19.4 Å². The van der Waals surface area contributed by atoms with Crippen molar-refractivity contribution in [2.75, 3.05) is 13.2 Å². The molecule has 0 aliphatic carbocycles. The zero-order chi connectivity index (χ0) is 14.3. The first-order chi connectivity index (χ1) is 9.04. The van der Waals surface area contributed by atoms with Gasteiger partial charge in [-0.25, -0.2) is 5.43 Å². The number of amides is 1. The van der Waals surface area contributed by atoms with E-state index < -0.39 is 4.92 Å². The fourth-order valence-corrected chi connectivity index (χ4v) is 1.26. The van der Waals surface area contributed by atoms with Gasteiger partial charge >= 0.3 is 0 Å². The summed E-state index contributed by atoms with van der Waals surface area (Å²) in [5.74, 6) is -0.344.